The van der Waals surface area contributed by atoms with Gasteiger partial charge in [-0.05, 0) is 60.7 Å². The largest absolute Gasteiger partial charge is 0.368 e. The van der Waals surface area contributed by atoms with Crippen molar-refractivity contribution >= 4 is 28.9 Å². The highest BCUT2D eigenvalue weighted by Gasteiger charge is 2.33. The molecule has 3 aromatic carbocycles. The van der Waals surface area contributed by atoms with Gasteiger partial charge in [0.1, 0.15) is 6.07 Å². The Morgan fingerprint density at radius 1 is 1.03 bits per heavy atom. The van der Waals surface area contributed by atoms with Gasteiger partial charge < -0.3 is 15.5 Å². The van der Waals surface area contributed by atoms with Crippen molar-refractivity contribution in [2.24, 2.45) is 5.92 Å². The van der Waals surface area contributed by atoms with Crippen molar-refractivity contribution in [2.75, 3.05) is 41.7 Å². The topological polar surface area (TPSA) is 88.5 Å². The Morgan fingerprint density at radius 2 is 1.69 bits per heavy atom. The fourth-order valence-electron chi connectivity index (χ4n) is 5.84. The molecule has 0 aromatic heterocycles. The van der Waals surface area contributed by atoms with Crippen LogP contribution in [0, 0.1) is 24.2 Å². The van der Waals surface area contributed by atoms with Crippen molar-refractivity contribution in [3.05, 3.63) is 88.5 Å². The molecule has 1 atom stereocenters. The first-order valence-electron chi connectivity index (χ1n) is 13.8. The summed E-state index contributed by atoms with van der Waals surface area (Å²) in [6, 6.07) is 22.0. The first kappa shape index (κ1) is 26.5. The van der Waals surface area contributed by atoms with Gasteiger partial charge in [-0.1, -0.05) is 50.2 Å². The Hall–Kier alpha value is -4.15. The number of fused-ring (bicyclic) bond motifs is 2. The predicted molar refractivity (Wildman–Crippen MR) is 155 cm³/mol. The number of nitrogens with zero attached hydrogens (tertiary/aromatic N) is 3. The molecule has 0 aliphatic carbocycles. The van der Waals surface area contributed by atoms with Gasteiger partial charge in [-0.25, -0.2) is 0 Å². The molecule has 1 fully saturated rings. The van der Waals surface area contributed by atoms with E-state index in [9.17, 15) is 14.9 Å². The van der Waals surface area contributed by atoms with Crippen LogP contribution in [0.2, 0.25) is 0 Å². The van der Waals surface area contributed by atoms with E-state index in [1.165, 1.54) is 0 Å². The van der Waals surface area contributed by atoms with E-state index in [0.717, 1.165) is 67.1 Å². The van der Waals surface area contributed by atoms with Crippen LogP contribution in [0.5, 0.6) is 0 Å². The third-order valence-corrected chi connectivity index (χ3v) is 8.10. The average molecular weight is 522 g/mol. The van der Waals surface area contributed by atoms with Gasteiger partial charge in [-0.2, -0.15) is 5.26 Å². The van der Waals surface area contributed by atoms with Gasteiger partial charge in [-0.3, -0.25) is 14.5 Å². The number of nitrogens with one attached hydrogen (secondary N) is 2. The Balaban J connectivity index is 1.39. The number of carbonyl (C=O) groups is 2. The van der Waals surface area contributed by atoms with Crippen molar-refractivity contribution in [1.29, 1.82) is 5.26 Å². The number of hydrogen-bond acceptors (Lipinski definition) is 5. The Labute approximate surface area is 230 Å². The molecule has 7 nitrogen and oxygen atoms in total. The second kappa shape index (κ2) is 11.3. The van der Waals surface area contributed by atoms with Gasteiger partial charge in [0.25, 0.3) is 5.91 Å². The molecule has 1 saturated heterocycles. The molecule has 7 heteroatoms. The molecule has 0 radical (unpaired) electrons. The first-order valence-corrected chi connectivity index (χ1v) is 13.8. The van der Waals surface area contributed by atoms with Crippen molar-refractivity contribution in [2.45, 2.75) is 39.7 Å². The monoisotopic (exact) mass is 521 g/mol. The molecule has 5 rings (SSSR count). The summed E-state index contributed by atoms with van der Waals surface area (Å²) in [7, 11) is 0. The number of amides is 2. The minimum Gasteiger partial charge on any atom is -0.368 e. The van der Waals surface area contributed by atoms with E-state index in [0.29, 0.717) is 16.8 Å². The summed E-state index contributed by atoms with van der Waals surface area (Å²) >= 11 is 0. The van der Waals surface area contributed by atoms with Crippen LogP contribution in [0.4, 0.5) is 17.1 Å². The zero-order chi connectivity index (χ0) is 27.5. The molecule has 2 N–H and O–H groups in total. The number of aryl methyl sites for hydroxylation is 1. The highest BCUT2D eigenvalue weighted by atomic mass is 16.2. The number of para-hydroxylation sites is 1. The minimum atomic E-state index is -0.0790. The Kier molecular flexibility index (Phi) is 7.67. The lowest BCUT2D eigenvalue weighted by molar-refractivity contribution is -0.120. The SMILES string of the molecule is CCC(CC)C(=O)Nc1cc(C#N)c(N2CCN(C3c4ccccc4NC(=O)c4ccccc43)CC2)cc1C. The maximum atomic E-state index is 13.0. The first-order chi connectivity index (χ1) is 18.9. The van der Waals surface area contributed by atoms with Crippen molar-refractivity contribution in [1.82, 2.24) is 4.90 Å². The van der Waals surface area contributed by atoms with Crippen molar-refractivity contribution in [3.63, 3.8) is 0 Å². The Bertz CT molecular complexity index is 1430. The van der Waals surface area contributed by atoms with E-state index in [4.69, 9.17) is 0 Å². The van der Waals surface area contributed by atoms with Crippen LogP contribution in [0.3, 0.4) is 0 Å². The lowest BCUT2D eigenvalue weighted by atomic mass is 9.93. The number of hydrogen-bond donors (Lipinski definition) is 2. The molecule has 0 spiro atoms. The smallest absolute Gasteiger partial charge is 0.256 e. The molecule has 0 bridgehead atoms. The minimum absolute atomic E-state index is 0.00490. The van der Waals surface area contributed by atoms with Crippen LogP contribution in [0.1, 0.15) is 65.3 Å². The third kappa shape index (κ3) is 5.13. The zero-order valence-electron chi connectivity index (χ0n) is 22.8. The molecular weight excluding hydrogens is 486 g/mol. The molecule has 39 heavy (non-hydrogen) atoms. The van der Waals surface area contributed by atoms with E-state index in [2.05, 4.69) is 38.6 Å². The van der Waals surface area contributed by atoms with E-state index >= 15 is 0 Å². The lowest BCUT2D eigenvalue weighted by Gasteiger charge is -2.41. The molecule has 2 aliphatic heterocycles. The number of piperazine rings is 1. The normalized spacial score (nSPS) is 17.1. The van der Waals surface area contributed by atoms with E-state index in [-0.39, 0.29) is 23.8 Å². The molecule has 0 saturated carbocycles. The van der Waals surface area contributed by atoms with Crippen LogP contribution in [-0.2, 0) is 4.79 Å². The van der Waals surface area contributed by atoms with Crippen molar-refractivity contribution in [3.8, 4) is 6.07 Å². The Morgan fingerprint density at radius 3 is 2.38 bits per heavy atom. The fraction of sp³-hybridized carbons (Fsp3) is 0.344. The highest BCUT2D eigenvalue weighted by Crippen LogP contribution is 2.39. The second-order valence-electron chi connectivity index (χ2n) is 10.4. The standard InChI is InChI=1S/C32H35N5O2/c1-4-22(5-2)31(38)35-28-19-23(20-33)29(18-21(28)3)36-14-16-37(17-15-36)30-24-10-6-7-11-25(24)32(39)34-27-13-9-8-12-26(27)30/h6-13,18-19,22,30H,4-5,14-17H2,1-3H3,(H,34,39)(H,35,38). The van der Waals surface area contributed by atoms with E-state index < -0.39 is 0 Å². The van der Waals surface area contributed by atoms with Gasteiger partial charge >= 0.3 is 0 Å². The summed E-state index contributed by atoms with van der Waals surface area (Å²) in [5, 5.41) is 16.1. The third-order valence-electron chi connectivity index (χ3n) is 8.10. The van der Waals surface area contributed by atoms with Crippen LogP contribution >= 0.6 is 0 Å². The summed E-state index contributed by atoms with van der Waals surface area (Å²) in [6.07, 6.45) is 1.57. The number of carbonyl (C=O) groups excluding carboxylic acids is 2. The molecule has 200 valence electrons. The van der Waals surface area contributed by atoms with Gasteiger partial charge in [0.05, 0.1) is 17.3 Å². The van der Waals surface area contributed by atoms with Crippen LogP contribution < -0.4 is 15.5 Å². The summed E-state index contributed by atoms with van der Waals surface area (Å²) in [4.78, 5) is 30.4. The molecule has 1 unspecified atom stereocenters. The van der Waals surface area contributed by atoms with Crippen LogP contribution in [0.25, 0.3) is 0 Å². The number of nitriles is 1. The molecule has 3 aromatic rings. The zero-order valence-corrected chi connectivity index (χ0v) is 22.8. The molecule has 2 amide bonds. The summed E-state index contributed by atoms with van der Waals surface area (Å²) in [6.45, 7) is 9.06. The summed E-state index contributed by atoms with van der Waals surface area (Å²) < 4.78 is 0. The van der Waals surface area contributed by atoms with Gasteiger partial charge in [-0.15, -0.1) is 0 Å². The van der Waals surface area contributed by atoms with E-state index in [1.54, 1.807) is 0 Å². The highest BCUT2D eigenvalue weighted by molar-refractivity contribution is 6.07. The molecule has 2 heterocycles. The maximum absolute atomic E-state index is 13.0. The van der Waals surface area contributed by atoms with Crippen LogP contribution in [-0.4, -0.2) is 42.9 Å². The molecular formula is C32H35N5O2. The summed E-state index contributed by atoms with van der Waals surface area (Å²) in [5.41, 5.74) is 6.77. The number of rotatable bonds is 6. The number of anilines is 3. The molecule has 2 aliphatic rings. The lowest BCUT2D eigenvalue weighted by Crippen LogP contribution is -2.48. The predicted octanol–water partition coefficient (Wildman–Crippen LogP) is 5.72. The van der Waals surface area contributed by atoms with E-state index in [1.807, 2.05) is 69.3 Å². The van der Waals surface area contributed by atoms with Gasteiger partial charge in [0.15, 0.2) is 0 Å². The summed E-state index contributed by atoms with van der Waals surface area (Å²) in [5.74, 6) is -0.109. The number of benzene rings is 3. The van der Waals surface area contributed by atoms with Gasteiger partial charge in [0, 0.05) is 49.0 Å². The maximum Gasteiger partial charge on any atom is 0.256 e. The fourth-order valence-corrected chi connectivity index (χ4v) is 5.84. The quantitative estimate of drug-likeness (QED) is 0.433. The second-order valence-corrected chi connectivity index (χ2v) is 10.4. The average Bonchev–Trinajstić information content (AvgIpc) is 3.08. The van der Waals surface area contributed by atoms with Crippen LogP contribution in [0.15, 0.2) is 60.7 Å². The van der Waals surface area contributed by atoms with Crippen molar-refractivity contribution < 1.29 is 9.59 Å². The van der Waals surface area contributed by atoms with Gasteiger partial charge in [0.2, 0.25) is 5.91 Å².